The zero-order valence-corrected chi connectivity index (χ0v) is 14.2. The summed E-state index contributed by atoms with van der Waals surface area (Å²) in [6.07, 6.45) is 0.809. The number of methoxy groups -OCH3 is 1. The third kappa shape index (κ3) is 3.56. The van der Waals surface area contributed by atoms with E-state index >= 15 is 0 Å². The van der Waals surface area contributed by atoms with E-state index in [9.17, 15) is 9.18 Å². The van der Waals surface area contributed by atoms with Crippen molar-refractivity contribution in [3.8, 4) is 17.1 Å². The Hall–Kier alpha value is -2.66. The lowest BCUT2D eigenvalue weighted by Gasteiger charge is -2.08. The highest BCUT2D eigenvalue weighted by Gasteiger charge is 2.15. The predicted molar refractivity (Wildman–Crippen MR) is 94.6 cm³/mol. The number of rotatable bonds is 6. The molecule has 3 rings (SSSR count). The summed E-state index contributed by atoms with van der Waals surface area (Å²) in [6, 6.07) is 12.5. The van der Waals surface area contributed by atoms with Crippen LogP contribution in [0.15, 0.2) is 51.7 Å². The lowest BCUT2D eigenvalue weighted by molar-refractivity contribution is 0.202. The van der Waals surface area contributed by atoms with Crippen molar-refractivity contribution in [1.29, 1.82) is 0 Å². The van der Waals surface area contributed by atoms with Gasteiger partial charge in [-0.05, 0) is 36.4 Å². The molecule has 3 aromatic rings. The summed E-state index contributed by atoms with van der Waals surface area (Å²) in [5.74, 6) is -0.230. The van der Waals surface area contributed by atoms with Gasteiger partial charge in [-0.3, -0.25) is 0 Å². The van der Waals surface area contributed by atoms with Gasteiger partial charge >= 0.3 is 5.63 Å². The molecule has 0 amide bonds. The van der Waals surface area contributed by atoms with Gasteiger partial charge in [-0.15, -0.1) is 0 Å². The maximum atomic E-state index is 14.4. The average Bonchev–Trinajstić information content (AvgIpc) is 2.62. The molecule has 0 spiro atoms. The molecule has 0 fully saturated rings. The van der Waals surface area contributed by atoms with Gasteiger partial charge in [-0.2, -0.15) is 0 Å². The van der Waals surface area contributed by atoms with Crippen molar-refractivity contribution in [2.24, 2.45) is 0 Å². The highest BCUT2D eigenvalue weighted by molar-refractivity contribution is 5.86. The molecule has 0 N–H and O–H groups in total. The summed E-state index contributed by atoms with van der Waals surface area (Å²) in [5.41, 5.74) is 1.17. The molecule has 0 aliphatic carbocycles. The summed E-state index contributed by atoms with van der Waals surface area (Å²) in [7, 11) is 1.66. The van der Waals surface area contributed by atoms with Crippen LogP contribution >= 0.6 is 0 Å². The van der Waals surface area contributed by atoms with Crippen LogP contribution in [-0.2, 0) is 11.2 Å². The van der Waals surface area contributed by atoms with Crippen molar-refractivity contribution in [1.82, 2.24) is 0 Å². The summed E-state index contributed by atoms with van der Waals surface area (Å²) in [6.45, 7) is 2.72. The first-order valence-corrected chi connectivity index (χ1v) is 8.11. The van der Waals surface area contributed by atoms with E-state index in [4.69, 9.17) is 13.9 Å². The number of halogens is 1. The van der Waals surface area contributed by atoms with Gasteiger partial charge < -0.3 is 13.9 Å². The van der Waals surface area contributed by atoms with E-state index in [1.807, 2.05) is 24.3 Å². The summed E-state index contributed by atoms with van der Waals surface area (Å²) < 4.78 is 30.0. The third-order valence-corrected chi connectivity index (χ3v) is 3.97. The van der Waals surface area contributed by atoms with Crippen LogP contribution in [0.4, 0.5) is 4.39 Å². The van der Waals surface area contributed by atoms with Crippen LogP contribution in [0.5, 0.6) is 5.75 Å². The maximum Gasteiger partial charge on any atom is 0.347 e. The molecule has 0 aliphatic rings. The molecule has 0 saturated heterocycles. The SMILES string of the molecule is CCOc1ccc2cc(-c3ccc(CCOC)cc3)oc(=O)c2c1F. The Morgan fingerprint density at radius 3 is 2.56 bits per heavy atom. The molecular formula is C20H19FO4. The van der Waals surface area contributed by atoms with Gasteiger partial charge in [-0.1, -0.05) is 30.3 Å². The molecule has 5 heteroatoms. The highest BCUT2D eigenvalue weighted by atomic mass is 19.1. The number of benzene rings is 2. The fourth-order valence-corrected chi connectivity index (χ4v) is 2.69. The lowest BCUT2D eigenvalue weighted by atomic mass is 10.1. The first-order valence-electron chi connectivity index (χ1n) is 8.11. The van der Waals surface area contributed by atoms with Gasteiger partial charge in [0.1, 0.15) is 11.1 Å². The summed E-state index contributed by atoms with van der Waals surface area (Å²) >= 11 is 0. The van der Waals surface area contributed by atoms with E-state index in [1.165, 1.54) is 6.07 Å². The molecule has 25 heavy (non-hydrogen) atoms. The second kappa shape index (κ2) is 7.49. The van der Waals surface area contributed by atoms with Gasteiger partial charge in [0.15, 0.2) is 11.6 Å². The smallest absolute Gasteiger partial charge is 0.347 e. The standard InChI is InChI=1S/C20H19FO4/c1-3-24-16-9-8-15-12-17(25-20(22)18(15)19(16)21)14-6-4-13(5-7-14)10-11-23-2/h4-9,12H,3,10-11H2,1-2H3. The van der Waals surface area contributed by atoms with Gasteiger partial charge in [0.05, 0.1) is 13.2 Å². The van der Waals surface area contributed by atoms with Crippen molar-refractivity contribution in [3.05, 3.63) is 64.3 Å². The first kappa shape index (κ1) is 17.2. The Bertz CT molecular complexity index is 929. The minimum absolute atomic E-state index is 0.0533. The summed E-state index contributed by atoms with van der Waals surface area (Å²) in [4.78, 5) is 12.3. The van der Waals surface area contributed by atoms with Crippen molar-refractivity contribution < 1.29 is 18.3 Å². The van der Waals surface area contributed by atoms with Crippen molar-refractivity contribution in [3.63, 3.8) is 0 Å². The monoisotopic (exact) mass is 342 g/mol. The van der Waals surface area contributed by atoms with E-state index in [2.05, 4.69) is 0 Å². The number of hydrogen-bond donors (Lipinski definition) is 0. The summed E-state index contributed by atoms with van der Waals surface area (Å²) in [5, 5.41) is 0.391. The van der Waals surface area contributed by atoms with E-state index < -0.39 is 11.4 Å². The normalized spacial score (nSPS) is 11.0. The zero-order valence-electron chi connectivity index (χ0n) is 14.2. The quantitative estimate of drug-likeness (QED) is 0.674. The van der Waals surface area contributed by atoms with Crippen LogP contribution < -0.4 is 10.4 Å². The van der Waals surface area contributed by atoms with Gasteiger partial charge in [-0.25, -0.2) is 9.18 Å². The van der Waals surface area contributed by atoms with Crippen LogP contribution in [0, 0.1) is 5.82 Å². The lowest BCUT2D eigenvalue weighted by Crippen LogP contribution is -2.05. The molecule has 0 saturated carbocycles. The topological polar surface area (TPSA) is 48.7 Å². The van der Waals surface area contributed by atoms with Crippen LogP contribution in [0.2, 0.25) is 0 Å². The second-order valence-corrected chi connectivity index (χ2v) is 5.61. The van der Waals surface area contributed by atoms with E-state index in [1.54, 1.807) is 26.2 Å². The van der Waals surface area contributed by atoms with Crippen LogP contribution in [0.25, 0.3) is 22.1 Å². The largest absolute Gasteiger partial charge is 0.491 e. The van der Waals surface area contributed by atoms with E-state index in [0.717, 1.165) is 17.5 Å². The molecule has 2 aromatic carbocycles. The first-order chi connectivity index (χ1) is 12.1. The van der Waals surface area contributed by atoms with Crippen LogP contribution in [0.3, 0.4) is 0 Å². The zero-order chi connectivity index (χ0) is 17.8. The Labute approximate surface area is 144 Å². The molecular weight excluding hydrogens is 323 g/mol. The number of fused-ring (bicyclic) bond motifs is 1. The average molecular weight is 342 g/mol. The van der Waals surface area contributed by atoms with E-state index in [0.29, 0.717) is 24.4 Å². The molecule has 0 atom stereocenters. The Morgan fingerprint density at radius 2 is 1.88 bits per heavy atom. The molecule has 130 valence electrons. The van der Waals surface area contributed by atoms with Crippen molar-refractivity contribution in [2.45, 2.75) is 13.3 Å². The minimum atomic E-state index is -0.713. The van der Waals surface area contributed by atoms with Gasteiger partial charge in [0.2, 0.25) is 0 Å². The molecule has 4 nitrogen and oxygen atoms in total. The Morgan fingerprint density at radius 1 is 1.12 bits per heavy atom. The Kier molecular flexibility index (Phi) is 5.14. The fourth-order valence-electron chi connectivity index (χ4n) is 2.69. The van der Waals surface area contributed by atoms with Gasteiger partial charge in [0, 0.05) is 12.7 Å². The second-order valence-electron chi connectivity index (χ2n) is 5.61. The highest BCUT2D eigenvalue weighted by Crippen LogP contribution is 2.28. The molecule has 0 radical (unpaired) electrons. The molecule has 1 aromatic heterocycles. The van der Waals surface area contributed by atoms with Crippen LogP contribution in [-0.4, -0.2) is 20.3 Å². The third-order valence-electron chi connectivity index (χ3n) is 3.97. The molecule has 0 unspecified atom stereocenters. The minimum Gasteiger partial charge on any atom is -0.491 e. The Balaban J connectivity index is 2.01. The van der Waals surface area contributed by atoms with Gasteiger partial charge in [0.25, 0.3) is 0 Å². The number of ether oxygens (including phenoxy) is 2. The van der Waals surface area contributed by atoms with Crippen molar-refractivity contribution in [2.75, 3.05) is 20.3 Å². The predicted octanol–water partition coefficient (Wildman–Crippen LogP) is 4.19. The molecule has 0 aliphatic heterocycles. The molecule has 0 bridgehead atoms. The van der Waals surface area contributed by atoms with Crippen molar-refractivity contribution >= 4 is 10.8 Å². The fraction of sp³-hybridized carbons (Fsp3) is 0.250. The van der Waals surface area contributed by atoms with Crippen LogP contribution in [0.1, 0.15) is 12.5 Å². The number of hydrogen-bond acceptors (Lipinski definition) is 4. The maximum absolute atomic E-state index is 14.4. The molecule has 1 heterocycles. The van der Waals surface area contributed by atoms with E-state index in [-0.39, 0.29) is 11.1 Å².